The van der Waals surface area contributed by atoms with Gasteiger partial charge in [-0.15, -0.1) is 0 Å². The molecule has 0 saturated heterocycles. The number of benzene rings is 12. The Morgan fingerprint density at radius 3 is 0.440 bits per heavy atom. The van der Waals surface area contributed by atoms with Gasteiger partial charge in [0.1, 0.15) is 0 Å². The molecule has 0 unspecified atom stereocenters. The van der Waals surface area contributed by atoms with Crippen molar-refractivity contribution in [3.63, 3.8) is 0 Å². The summed E-state index contributed by atoms with van der Waals surface area (Å²) in [5, 5.41) is 15.0. The molecule has 0 aliphatic rings. The van der Waals surface area contributed by atoms with Crippen LogP contribution in [-0.2, 0) is 51.4 Å². The van der Waals surface area contributed by atoms with Crippen LogP contribution in [0.25, 0.3) is 120 Å². The summed E-state index contributed by atoms with van der Waals surface area (Å²) in [4.78, 5) is 54.0. The molecular weight excluding hydrogens is 1420 g/mol. The summed E-state index contributed by atoms with van der Waals surface area (Å²) in [5.74, 6) is 0. The lowest BCUT2D eigenvalue weighted by Gasteiger charge is -2.36. The number of hydrogen-bond donors (Lipinski definition) is 0. The van der Waals surface area contributed by atoms with Crippen molar-refractivity contribution in [3.8, 4) is 0 Å². The lowest BCUT2D eigenvalue weighted by Crippen LogP contribution is -2.20. The molecule has 562 valence electrons. The summed E-state index contributed by atoms with van der Waals surface area (Å²) < 4.78 is 0. The highest BCUT2D eigenvalue weighted by atomic mass is 15.2. The number of aryl methyl sites for hydroxylation is 8. The Bertz CT molecular complexity index is 6130. The molecule has 20 rings (SSSR count). The average Bonchev–Trinajstić information content (AvgIpc) is 0.692. The van der Waals surface area contributed by atoms with Crippen LogP contribution in [-0.4, -0.2) is 39.9 Å². The quantitative estimate of drug-likeness (QED) is 0.0677. The van der Waals surface area contributed by atoms with E-state index in [9.17, 15) is 0 Å². The first kappa shape index (κ1) is 71.2. The van der Waals surface area contributed by atoms with E-state index in [1.807, 2.05) is 0 Å². The molecule has 0 aliphatic carbocycles. The molecule has 12 aromatic carbocycles. The number of para-hydroxylation sites is 8. The fourth-order valence-corrected chi connectivity index (χ4v) is 19.2. The van der Waals surface area contributed by atoms with E-state index in [4.69, 9.17) is 39.9 Å². The first-order valence-corrected chi connectivity index (χ1v) is 41.2. The third-order valence-corrected chi connectivity index (χ3v) is 24.4. The Kier molecular flexibility index (Phi) is 18.0. The van der Waals surface area contributed by atoms with Crippen molar-refractivity contribution in [2.45, 2.75) is 107 Å². The standard InChI is InChI=1S/C104H86N12/c1-9-63-71-33-17-25-41-83(71)105-55-95(63)113(96-56-106-84-42-26-18-34-72(84)64(96)10-2)91-53-92(114(97-57-107-85-43-27-19-35-73(85)65(97)11-3)98-58-108-86-44-28-20-36-74(86)66(98)12-4)80-51-52-82-94(116(101-61-111-89-47-31-23-39-77(89)69(101)15-7)102-62-112-90-48-32-24-40-78(90)70(102)16-8)54-93(81-50-49-79(91)103(80)104(81)82)115(99-59-109-87-45-29-21-37-75(87)67(99)13-5)100-60-110-88-46-30-22-38-76(88)68(100)14-6/h17-62H,9-16H2,1-8H3. The van der Waals surface area contributed by atoms with Gasteiger partial charge >= 0.3 is 0 Å². The average molecular weight is 1500 g/mol. The second kappa shape index (κ2) is 29.3. The fraction of sp³-hybridized carbons (Fsp3) is 0.154. The maximum absolute atomic E-state index is 5.49. The lowest BCUT2D eigenvalue weighted by molar-refractivity contribution is 1.08. The van der Waals surface area contributed by atoms with Gasteiger partial charge in [0.2, 0.25) is 0 Å². The SMILES string of the molecule is CCc1c(N(c2cnc3ccccc3c2CC)c2cc(N(c3cnc4ccccc4c3CC)c3cnc4ccccc4c3CC)c3ccc4c(N(c5cnc6ccccc6c5CC)c5cnc6ccccc6c5CC)cc(N(c5cnc6ccccc6c5CC)c5cnc6ccccc6c5CC)c5ccc2c3c54)cnc2ccccc12. The van der Waals surface area contributed by atoms with E-state index in [-0.39, 0.29) is 0 Å². The van der Waals surface area contributed by atoms with E-state index in [0.29, 0.717) is 51.4 Å². The molecule has 0 amide bonds. The fourth-order valence-electron chi connectivity index (χ4n) is 19.2. The minimum Gasteiger partial charge on any atom is -0.306 e. The second-order valence-corrected chi connectivity index (χ2v) is 30.2. The molecule has 12 nitrogen and oxygen atoms in total. The van der Waals surface area contributed by atoms with E-state index < -0.39 is 0 Å². The summed E-state index contributed by atoms with van der Waals surface area (Å²) in [6, 6.07) is 83.7. The molecule has 8 heterocycles. The monoisotopic (exact) mass is 1500 g/mol. The maximum atomic E-state index is 5.49. The van der Waals surface area contributed by atoms with E-state index in [1.54, 1.807) is 0 Å². The Morgan fingerprint density at radius 2 is 0.302 bits per heavy atom. The zero-order valence-electron chi connectivity index (χ0n) is 66.6. The number of hydrogen-bond acceptors (Lipinski definition) is 12. The molecule has 0 saturated carbocycles. The van der Waals surface area contributed by atoms with Crippen molar-refractivity contribution in [3.05, 3.63) is 325 Å². The van der Waals surface area contributed by atoms with Gasteiger partial charge in [0.25, 0.3) is 0 Å². The zero-order valence-corrected chi connectivity index (χ0v) is 66.6. The highest BCUT2D eigenvalue weighted by molar-refractivity contribution is 6.33. The predicted octanol–water partition coefficient (Wildman–Crippen LogP) is 27.3. The van der Waals surface area contributed by atoms with E-state index >= 15 is 0 Å². The molecule has 0 radical (unpaired) electrons. The predicted molar refractivity (Wildman–Crippen MR) is 486 cm³/mol. The molecule has 0 fully saturated rings. The van der Waals surface area contributed by atoms with Crippen LogP contribution in [0.4, 0.5) is 68.2 Å². The first-order valence-electron chi connectivity index (χ1n) is 41.2. The molecular formula is C104H86N12. The third kappa shape index (κ3) is 11.2. The maximum Gasteiger partial charge on any atom is 0.0706 e. The van der Waals surface area contributed by atoms with E-state index in [2.05, 4.69) is 355 Å². The topological polar surface area (TPSA) is 116 Å². The first-order chi connectivity index (χ1) is 57.3. The van der Waals surface area contributed by atoms with Crippen molar-refractivity contribution in [2.24, 2.45) is 0 Å². The lowest BCUT2D eigenvalue weighted by atomic mass is 9.88. The molecule has 12 heteroatoms. The minimum absolute atomic E-state index is 0.714. The number of aromatic nitrogens is 8. The van der Waals surface area contributed by atoms with Gasteiger partial charge in [-0.25, -0.2) is 0 Å². The summed E-state index contributed by atoms with van der Waals surface area (Å²) in [5.41, 5.74) is 28.3. The van der Waals surface area contributed by atoms with E-state index in [1.165, 1.54) is 44.5 Å². The van der Waals surface area contributed by atoms with Crippen LogP contribution in [0, 0.1) is 0 Å². The Hall–Kier alpha value is -13.8. The molecule has 116 heavy (non-hydrogen) atoms. The van der Waals surface area contributed by atoms with Crippen molar-refractivity contribution in [2.75, 3.05) is 19.6 Å². The van der Waals surface area contributed by atoms with Crippen LogP contribution < -0.4 is 19.6 Å². The summed E-state index contributed by atoms with van der Waals surface area (Å²) in [6.07, 6.45) is 22.7. The molecule has 8 aromatic heterocycles. The van der Waals surface area contributed by atoms with Gasteiger partial charge in [0.05, 0.1) is 162 Å². The van der Waals surface area contributed by atoms with Crippen molar-refractivity contribution in [1.82, 2.24) is 39.9 Å². The summed E-state index contributed by atoms with van der Waals surface area (Å²) in [7, 11) is 0. The number of fused-ring (bicyclic) bond motifs is 8. The number of anilines is 12. The third-order valence-electron chi connectivity index (χ3n) is 24.4. The van der Waals surface area contributed by atoms with Crippen LogP contribution in [0.15, 0.2) is 280 Å². The summed E-state index contributed by atoms with van der Waals surface area (Å²) in [6.45, 7) is 18.3. The largest absolute Gasteiger partial charge is 0.306 e. The van der Waals surface area contributed by atoms with Crippen LogP contribution in [0.1, 0.15) is 99.9 Å². The van der Waals surface area contributed by atoms with Crippen molar-refractivity contribution >= 4 is 188 Å². The molecule has 0 aliphatic heterocycles. The number of nitrogens with zero attached hydrogens (tertiary/aromatic N) is 12. The van der Waals surface area contributed by atoms with Crippen LogP contribution in [0.2, 0.25) is 0 Å². The minimum atomic E-state index is 0.714. The van der Waals surface area contributed by atoms with Gasteiger partial charge in [0, 0.05) is 75.4 Å². The molecule has 0 N–H and O–H groups in total. The molecule has 0 spiro atoms. The molecule has 0 atom stereocenters. The Morgan fingerprint density at radius 1 is 0.164 bits per heavy atom. The summed E-state index contributed by atoms with van der Waals surface area (Å²) >= 11 is 0. The van der Waals surface area contributed by atoms with Crippen LogP contribution >= 0.6 is 0 Å². The van der Waals surface area contributed by atoms with Gasteiger partial charge in [-0.2, -0.15) is 0 Å². The van der Waals surface area contributed by atoms with Crippen LogP contribution in [0.5, 0.6) is 0 Å². The molecule has 0 bridgehead atoms. The smallest absolute Gasteiger partial charge is 0.0706 e. The van der Waals surface area contributed by atoms with Crippen molar-refractivity contribution in [1.29, 1.82) is 0 Å². The van der Waals surface area contributed by atoms with Gasteiger partial charge in [-0.05, 0) is 157 Å². The molecule has 20 aromatic rings. The van der Waals surface area contributed by atoms with Crippen LogP contribution in [0.3, 0.4) is 0 Å². The Balaban J connectivity index is 1.05. The highest BCUT2D eigenvalue weighted by Crippen LogP contribution is 2.58. The van der Waals surface area contributed by atoms with Gasteiger partial charge in [-0.3, -0.25) is 39.9 Å². The normalized spacial score (nSPS) is 11.9. The number of rotatable bonds is 20. The van der Waals surface area contributed by atoms with Gasteiger partial charge in [0.15, 0.2) is 0 Å². The zero-order chi connectivity index (χ0) is 78.4. The second-order valence-electron chi connectivity index (χ2n) is 30.2. The van der Waals surface area contributed by atoms with Gasteiger partial charge in [-0.1, -0.05) is 225 Å². The highest BCUT2D eigenvalue weighted by Gasteiger charge is 2.35. The number of pyridine rings is 8. The van der Waals surface area contributed by atoms with E-state index in [0.717, 1.165) is 188 Å². The Labute approximate surface area is 674 Å². The van der Waals surface area contributed by atoms with Gasteiger partial charge < -0.3 is 19.6 Å². The van der Waals surface area contributed by atoms with Crippen molar-refractivity contribution < 1.29 is 0 Å².